The van der Waals surface area contributed by atoms with Crippen molar-refractivity contribution in [3.63, 3.8) is 0 Å². The molecule has 4 N–H and O–H groups in total. The summed E-state index contributed by atoms with van der Waals surface area (Å²) in [6.45, 7) is 2.28. The Balaban J connectivity index is 2.53. The Hall–Kier alpha value is -0.420. The Bertz CT molecular complexity index is 314. The summed E-state index contributed by atoms with van der Waals surface area (Å²) in [7, 11) is 0. The highest BCUT2D eigenvalue weighted by Crippen LogP contribution is 2.28. The van der Waals surface area contributed by atoms with Crippen LogP contribution in [0, 0.1) is 0 Å². The van der Waals surface area contributed by atoms with Crippen LogP contribution in [0.5, 0.6) is 0 Å². The normalized spacial score (nSPS) is 14.8. The maximum absolute atomic E-state index is 9.94. The van der Waals surface area contributed by atoms with E-state index in [1.54, 1.807) is 0 Å². The minimum absolute atomic E-state index is 0.0916. The van der Waals surface area contributed by atoms with Crippen LogP contribution in [0.1, 0.15) is 49.2 Å². The predicted molar refractivity (Wildman–Crippen MR) is 72.2 cm³/mol. The minimum Gasteiger partial charge on any atom is -0.389 e. The molecule has 0 saturated heterocycles. The lowest BCUT2D eigenvalue weighted by molar-refractivity contribution is 0.0261. The fraction of sp³-hybridized carbons (Fsp3) is 0.692. The molecule has 17 heavy (non-hydrogen) atoms. The Labute approximate surface area is 107 Å². The van der Waals surface area contributed by atoms with Gasteiger partial charge in [-0.1, -0.05) is 26.2 Å². The number of aliphatic hydroxyl groups excluding tert-OH is 2. The molecule has 0 saturated carbocycles. The summed E-state index contributed by atoms with van der Waals surface area (Å²) < 4.78 is 0. The van der Waals surface area contributed by atoms with Gasteiger partial charge in [-0.15, -0.1) is 11.3 Å². The van der Waals surface area contributed by atoms with E-state index >= 15 is 0 Å². The van der Waals surface area contributed by atoms with E-state index in [0.717, 1.165) is 23.3 Å². The van der Waals surface area contributed by atoms with Crippen molar-refractivity contribution in [2.45, 2.75) is 51.2 Å². The first-order chi connectivity index (χ1) is 8.20. The summed E-state index contributed by atoms with van der Waals surface area (Å²) >= 11 is 1.50. The third-order valence-electron chi connectivity index (χ3n) is 2.95. The smallest absolute Gasteiger partial charge is 0.115 e. The van der Waals surface area contributed by atoms with Crippen LogP contribution < -0.4 is 5.73 Å². The lowest BCUT2D eigenvalue weighted by Gasteiger charge is -2.16. The molecule has 1 heterocycles. The number of aryl methyl sites for hydroxylation is 1. The molecule has 0 amide bonds. The number of thiophene rings is 1. The zero-order valence-electron chi connectivity index (χ0n) is 10.4. The van der Waals surface area contributed by atoms with Crippen molar-refractivity contribution in [2.75, 3.05) is 6.54 Å². The summed E-state index contributed by atoms with van der Waals surface area (Å²) in [5, 5.41) is 21.5. The third-order valence-corrected chi connectivity index (χ3v) is 3.98. The van der Waals surface area contributed by atoms with Crippen LogP contribution in [0.2, 0.25) is 0 Å². The molecule has 2 atom stereocenters. The molecule has 3 nitrogen and oxygen atoms in total. The molecule has 0 aromatic carbocycles. The molecule has 0 fully saturated rings. The number of rotatable bonds is 8. The van der Waals surface area contributed by atoms with Crippen LogP contribution >= 0.6 is 11.3 Å². The number of unbranched alkanes of at least 4 members (excludes halogenated alkanes) is 3. The largest absolute Gasteiger partial charge is 0.389 e. The first-order valence-electron chi connectivity index (χ1n) is 6.33. The van der Waals surface area contributed by atoms with Crippen molar-refractivity contribution in [1.29, 1.82) is 0 Å². The molecular weight excluding hydrogens is 234 g/mol. The van der Waals surface area contributed by atoms with Gasteiger partial charge in [-0.2, -0.15) is 0 Å². The van der Waals surface area contributed by atoms with Crippen LogP contribution in [0.4, 0.5) is 0 Å². The summed E-state index contributed by atoms with van der Waals surface area (Å²) in [5.41, 5.74) is 6.52. The Morgan fingerprint density at radius 3 is 2.71 bits per heavy atom. The lowest BCUT2D eigenvalue weighted by atomic mass is 10.0. The Kier molecular flexibility index (Phi) is 6.73. The van der Waals surface area contributed by atoms with E-state index in [-0.39, 0.29) is 6.54 Å². The van der Waals surface area contributed by atoms with Crippen LogP contribution in [-0.4, -0.2) is 22.9 Å². The SMILES string of the molecule is CCCCCCc1ccsc1C(O)C(O)CN. The molecule has 0 bridgehead atoms. The highest BCUT2D eigenvalue weighted by molar-refractivity contribution is 7.10. The van der Waals surface area contributed by atoms with E-state index in [2.05, 4.69) is 6.92 Å². The molecule has 0 spiro atoms. The van der Waals surface area contributed by atoms with E-state index in [1.807, 2.05) is 11.4 Å². The standard InChI is InChI=1S/C13H23NO2S/c1-2-3-4-5-6-10-7-8-17-13(10)12(16)11(15)9-14/h7-8,11-12,15-16H,2-6,9,14H2,1H3. The fourth-order valence-corrected chi connectivity index (χ4v) is 2.86. The molecule has 1 aromatic heterocycles. The minimum atomic E-state index is -0.858. The maximum Gasteiger partial charge on any atom is 0.115 e. The van der Waals surface area contributed by atoms with Crippen molar-refractivity contribution < 1.29 is 10.2 Å². The molecule has 98 valence electrons. The fourth-order valence-electron chi connectivity index (χ4n) is 1.86. The zero-order valence-corrected chi connectivity index (χ0v) is 11.2. The summed E-state index contributed by atoms with van der Waals surface area (Å²) in [5.74, 6) is 0. The highest BCUT2D eigenvalue weighted by atomic mass is 32.1. The number of hydrogen-bond acceptors (Lipinski definition) is 4. The van der Waals surface area contributed by atoms with E-state index < -0.39 is 12.2 Å². The second-order valence-corrected chi connectivity index (χ2v) is 5.32. The topological polar surface area (TPSA) is 66.5 Å². The van der Waals surface area contributed by atoms with Crippen molar-refractivity contribution in [1.82, 2.24) is 0 Å². The van der Waals surface area contributed by atoms with Gasteiger partial charge >= 0.3 is 0 Å². The van der Waals surface area contributed by atoms with Crippen LogP contribution in [0.15, 0.2) is 11.4 Å². The van der Waals surface area contributed by atoms with Crippen molar-refractivity contribution in [3.05, 3.63) is 21.9 Å². The number of hydrogen-bond donors (Lipinski definition) is 3. The van der Waals surface area contributed by atoms with Gasteiger partial charge in [-0.3, -0.25) is 0 Å². The molecule has 0 radical (unpaired) electrons. The molecule has 2 unspecified atom stereocenters. The first-order valence-corrected chi connectivity index (χ1v) is 7.21. The number of nitrogens with two attached hydrogens (primary N) is 1. The summed E-state index contributed by atoms with van der Waals surface area (Å²) in [6, 6.07) is 2.04. The van der Waals surface area contributed by atoms with E-state index in [9.17, 15) is 10.2 Å². The molecule has 0 aliphatic heterocycles. The third kappa shape index (κ3) is 4.39. The average Bonchev–Trinajstić information content (AvgIpc) is 2.81. The highest BCUT2D eigenvalue weighted by Gasteiger charge is 2.20. The van der Waals surface area contributed by atoms with Gasteiger partial charge < -0.3 is 15.9 Å². The van der Waals surface area contributed by atoms with Crippen LogP contribution in [-0.2, 0) is 6.42 Å². The van der Waals surface area contributed by atoms with Gasteiger partial charge in [-0.05, 0) is 29.9 Å². The van der Waals surface area contributed by atoms with Crippen molar-refractivity contribution in [3.8, 4) is 0 Å². The van der Waals surface area contributed by atoms with Gasteiger partial charge in [0, 0.05) is 11.4 Å². The molecule has 1 aromatic rings. The van der Waals surface area contributed by atoms with Gasteiger partial charge in [0.25, 0.3) is 0 Å². The monoisotopic (exact) mass is 257 g/mol. The second kappa shape index (κ2) is 7.82. The maximum atomic E-state index is 9.94. The molecule has 0 aliphatic carbocycles. The van der Waals surface area contributed by atoms with E-state index in [0.29, 0.717) is 0 Å². The Morgan fingerprint density at radius 1 is 1.29 bits per heavy atom. The van der Waals surface area contributed by atoms with E-state index in [4.69, 9.17) is 5.73 Å². The van der Waals surface area contributed by atoms with E-state index in [1.165, 1.54) is 30.6 Å². The summed E-state index contributed by atoms with van der Waals surface area (Å²) in [6.07, 6.45) is 4.14. The molecule has 1 rings (SSSR count). The van der Waals surface area contributed by atoms with Crippen molar-refractivity contribution in [2.24, 2.45) is 5.73 Å². The van der Waals surface area contributed by atoms with Crippen LogP contribution in [0.3, 0.4) is 0 Å². The lowest BCUT2D eigenvalue weighted by Crippen LogP contribution is -2.27. The summed E-state index contributed by atoms with van der Waals surface area (Å²) in [4.78, 5) is 0.874. The second-order valence-electron chi connectivity index (χ2n) is 4.37. The quantitative estimate of drug-likeness (QED) is 0.626. The van der Waals surface area contributed by atoms with Gasteiger partial charge in [0.15, 0.2) is 0 Å². The van der Waals surface area contributed by atoms with Gasteiger partial charge in [-0.25, -0.2) is 0 Å². The molecule has 4 heteroatoms. The molecular formula is C13H23NO2S. The molecule has 0 aliphatic rings. The first kappa shape index (κ1) is 14.6. The van der Waals surface area contributed by atoms with Crippen LogP contribution in [0.25, 0.3) is 0 Å². The number of aliphatic hydroxyl groups is 2. The van der Waals surface area contributed by atoms with Gasteiger partial charge in [0.2, 0.25) is 0 Å². The van der Waals surface area contributed by atoms with Gasteiger partial charge in [0.05, 0.1) is 6.10 Å². The van der Waals surface area contributed by atoms with Gasteiger partial charge in [0.1, 0.15) is 6.10 Å². The van der Waals surface area contributed by atoms with Crippen molar-refractivity contribution >= 4 is 11.3 Å². The average molecular weight is 257 g/mol. The Morgan fingerprint density at radius 2 is 2.06 bits per heavy atom. The zero-order chi connectivity index (χ0) is 12.7. The predicted octanol–water partition coefficient (Wildman–Crippen LogP) is 2.22.